The van der Waals surface area contributed by atoms with Crippen molar-refractivity contribution in [1.82, 2.24) is 4.57 Å². The van der Waals surface area contributed by atoms with E-state index in [1.54, 1.807) is 24.3 Å². The number of ether oxygens (including phenoxy) is 2. The number of nitrogens with zero attached hydrogens (tertiary/aromatic N) is 1. The molecule has 0 unspecified atom stereocenters. The fourth-order valence-corrected chi connectivity index (χ4v) is 2.48. The molecule has 3 aromatic rings. The van der Waals surface area contributed by atoms with Gasteiger partial charge in [0, 0.05) is 5.56 Å². The molecule has 0 aliphatic rings. The van der Waals surface area contributed by atoms with Crippen LogP contribution in [0.25, 0.3) is 11.1 Å². The van der Waals surface area contributed by atoms with Crippen LogP contribution < -0.4 is 15.2 Å². The van der Waals surface area contributed by atoms with Crippen molar-refractivity contribution < 1.29 is 18.7 Å². The highest BCUT2D eigenvalue weighted by Crippen LogP contribution is 2.28. The average Bonchev–Trinajstić information content (AvgIpc) is 2.90. The highest BCUT2D eigenvalue weighted by molar-refractivity contribution is 5.94. The summed E-state index contributed by atoms with van der Waals surface area (Å²) in [5.41, 5.74) is 1.83. The fraction of sp³-hybridized carbons (Fsp3) is 0.222. The first-order chi connectivity index (χ1) is 11.6. The first kappa shape index (κ1) is 15.9. The summed E-state index contributed by atoms with van der Waals surface area (Å²) in [4.78, 5) is 23.3. The van der Waals surface area contributed by atoms with E-state index in [0.717, 1.165) is 5.52 Å². The third kappa shape index (κ3) is 3.03. The molecule has 0 saturated carbocycles. The Morgan fingerprint density at radius 1 is 1.17 bits per heavy atom. The molecular weight excluding hydrogens is 310 g/mol. The lowest BCUT2D eigenvalue weighted by Crippen LogP contribution is -2.18. The van der Waals surface area contributed by atoms with Gasteiger partial charge in [-0.05, 0) is 37.3 Å². The smallest absolute Gasteiger partial charge is 0.420 e. The van der Waals surface area contributed by atoms with E-state index >= 15 is 0 Å². The molecule has 0 bridgehead atoms. The number of carbonyl (C=O) groups excluding carboxylic acids is 1. The molecule has 1 aromatic heterocycles. The molecule has 0 fully saturated rings. The first-order valence-corrected chi connectivity index (χ1v) is 7.50. The number of benzene rings is 2. The van der Waals surface area contributed by atoms with Gasteiger partial charge < -0.3 is 13.9 Å². The molecule has 2 aromatic carbocycles. The molecule has 6 nitrogen and oxygen atoms in total. The normalized spacial score (nSPS) is 10.8. The van der Waals surface area contributed by atoms with E-state index in [2.05, 4.69) is 0 Å². The molecule has 0 aliphatic heterocycles. The Hall–Kier alpha value is -3.02. The van der Waals surface area contributed by atoms with E-state index in [1.807, 2.05) is 18.2 Å². The zero-order chi connectivity index (χ0) is 17.1. The van der Waals surface area contributed by atoms with Crippen LogP contribution in [-0.2, 0) is 6.54 Å². The molecule has 0 saturated heterocycles. The van der Waals surface area contributed by atoms with Crippen molar-refractivity contribution in [2.45, 2.75) is 13.5 Å². The number of para-hydroxylation sites is 2. The van der Waals surface area contributed by atoms with Crippen LogP contribution in [0.4, 0.5) is 0 Å². The van der Waals surface area contributed by atoms with Crippen molar-refractivity contribution in [1.29, 1.82) is 0 Å². The van der Waals surface area contributed by atoms with Crippen molar-refractivity contribution >= 4 is 16.9 Å². The number of Topliss-reactive ketones (excluding diaryl/α,β-unsaturated/α-hetero) is 1. The minimum absolute atomic E-state index is 0.0451. The summed E-state index contributed by atoms with van der Waals surface area (Å²) >= 11 is 0. The Bertz CT molecular complexity index is 938. The molecule has 0 spiro atoms. The van der Waals surface area contributed by atoms with Gasteiger partial charge in [0.1, 0.15) is 6.61 Å². The molecular formula is C18H17NO5. The van der Waals surface area contributed by atoms with E-state index in [4.69, 9.17) is 13.9 Å². The summed E-state index contributed by atoms with van der Waals surface area (Å²) in [5, 5.41) is 0. The maximum atomic E-state index is 11.9. The quantitative estimate of drug-likeness (QED) is 0.651. The minimum atomic E-state index is -0.418. The number of aromatic nitrogens is 1. The van der Waals surface area contributed by atoms with Crippen LogP contribution in [-0.4, -0.2) is 24.1 Å². The standard InChI is InChI=1S/C18H17NO5/c1-12(20)13-7-8-16(17(11-13)22-2)23-10-9-19-14-5-3-4-6-15(14)24-18(19)21/h3-8,11H,9-10H2,1-2H3. The van der Waals surface area contributed by atoms with Gasteiger partial charge in [-0.25, -0.2) is 4.79 Å². The lowest BCUT2D eigenvalue weighted by atomic mass is 10.1. The van der Waals surface area contributed by atoms with Crippen molar-refractivity contribution in [3.8, 4) is 11.5 Å². The summed E-state index contributed by atoms with van der Waals surface area (Å²) in [6, 6.07) is 12.2. The highest BCUT2D eigenvalue weighted by atomic mass is 16.5. The lowest BCUT2D eigenvalue weighted by Gasteiger charge is -2.11. The third-order valence-electron chi connectivity index (χ3n) is 3.72. The Labute approximate surface area is 138 Å². The zero-order valence-electron chi connectivity index (χ0n) is 13.4. The largest absolute Gasteiger partial charge is 0.493 e. The molecule has 3 rings (SSSR count). The average molecular weight is 327 g/mol. The second kappa shape index (κ2) is 6.62. The number of oxazole rings is 1. The van der Waals surface area contributed by atoms with Crippen molar-refractivity contribution in [2.24, 2.45) is 0 Å². The van der Waals surface area contributed by atoms with Gasteiger partial charge in [-0.2, -0.15) is 0 Å². The minimum Gasteiger partial charge on any atom is -0.493 e. The number of ketones is 1. The molecule has 124 valence electrons. The van der Waals surface area contributed by atoms with Crippen molar-refractivity contribution in [3.63, 3.8) is 0 Å². The topological polar surface area (TPSA) is 70.7 Å². The first-order valence-electron chi connectivity index (χ1n) is 7.50. The summed E-state index contributed by atoms with van der Waals surface area (Å²) in [6.07, 6.45) is 0. The Morgan fingerprint density at radius 3 is 2.71 bits per heavy atom. The van der Waals surface area contributed by atoms with Crippen LogP contribution >= 0.6 is 0 Å². The molecule has 0 radical (unpaired) electrons. The number of hydrogen-bond acceptors (Lipinski definition) is 5. The SMILES string of the molecule is COc1cc(C(C)=O)ccc1OCCn1c(=O)oc2ccccc21. The van der Waals surface area contributed by atoms with Crippen LogP contribution in [0.3, 0.4) is 0 Å². The van der Waals surface area contributed by atoms with E-state index in [9.17, 15) is 9.59 Å². The Morgan fingerprint density at radius 2 is 1.96 bits per heavy atom. The second-order valence-electron chi connectivity index (χ2n) is 5.26. The van der Waals surface area contributed by atoms with Crippen LogP contribution in [0.1, 0.15) is 17.3 Å². The molecule has 24 heavy (non-hydrogen) atoms. The van der Waals surface area contributed by atoms with E-state index < -0.39 is 5.76 Å². The zero-order valence-corrected chi connectivity index (χ0v) is 13.4. The molecule has 0 amide bonds. The number of rotatable bonds is 6. The molecule has 0 N–H and O–H groups in total. The number of methoxy groups -OCH3 is 1. The molecule has 0 atom stereocenters. The van der Waals surface area contributed by atoms with Crippen LogP contribution in [0.2, 0.25) is 0 Å². The van der Waals surface area contributed by atoms with Gasteiger partial charge in [-0.1, -0.05) is 12.1 Å². The monoisotopic (exact) mass is 327 g/mol. The summed E-state index contributed by atoms with van der Waals surface area (Å²) < 4.78 is 17.7. The van der Waals surface area contributed by atoms with E-state index in [0.29, 0.717) is 29.2 Å². The maximum absolute atomic E-state index is 11.9. The molecule has 0 aliphatic carbocycles. The number of fused-ring (bicyclic) bond motifs is 1. The predicted molar refractivity (Wildman–Crippen MR) is 89.0 cm³/mol. The molecule has 1 heterocycles. The Balaban J connectivity index is 1.75. The van der Waals surface area contributed by atoms with Crippen LogP contribution in [0.15, 0.2) is 51.7 Å². The molecule has 6 heteroatoms. The summed E-state index contributed by atoms with van der Waals surface area (Å²) in [6.45, 7) is 2.10. The highest BCUT2D eigenvalue weighted by Gasteiger charge is 2.11. The van der Waals surface area contributed by atoms with Gasteiger partial charge in [0.2, 0.25) is 0 Å². The third-order valence-corrected chi connectivity index (χ3v) is 3.72. The Kier molecular flexibility index (Phi) is 4.37. The summed E-state index contributed by atoms with van der Waals surface area (Å²) in [5.74, 6) is 0.533. The van der Waals surface area contributed by atoms with Gasteiger partial charge >= 0.3 is 5.76 Å². The van der Waals surface area contributed by atoms with Gasteiger partial charge in [0.05, 0.1) is 19.2 Å². The maximum Gasteiger partial charge on any atom is 0.420 e. The predicted octanol–water partition coefficient (Wildman–Crippen LogP) is 2.88. The van der Waals surface area contributed by atoms with Crippen LogP contribution in [0, 0.1) is 0 Å². The van der Waals surface area contributed by atoms with Gasteiger partial charge in [-0.3, -0.25) is 9.36 Å². The van der Waals surface area contributed by atoms with Gasteiger partial charge in [-0.15, -0.1) is 0 Å². The fourth-order valence-electron chi connectivity index (χ4n) is 2.48. The van der Waals surface area contributed by atoms with Crippen LogP contribution in [0.5, 0.6) is 11.5 Å². The lowest BCUT2D eigenvalue weighted by molar-refractivity contribution is 0.101. The number of carbonyl (C=O) groups is 1. The van der Waals surface area contributed by atoms with Gasteiger partial charge in [0.25, 0.3) is 0 Å². The van der Waals surface area contributed by atoms with Crippen molar-refractivity contribution in [3.05, 3.63) is 58.6 Å². The number of hydrogen-bond donors (Lipinski definition) is 0. The van der Waals surface area contributed by atoms with E-state index in [-0.39, 0.29) is 12.4 Å². The van der Waals surface area contributed by atoms with Crippen molar-refractivity contribution in [2.75, 3.05) is 13.7 Å². The van der Waals surface area contributed by atoms with E-state index in [1.165, 1.54) is 18.6 Å². The second-order valence-corrected chi connectivity index (χ2v) is 5.26. The summed E-state index contributed by atoms with van der Waals surface area (Å²) in [7, 11) is 1.51. The van der Waals surface area contributed by atoms with Gasteiger partial charge in [0.15, 0.2) is 22.9 Å².